The zero-order chi connectivity index (χ0) is 23.8. The van der Waals surface area contributed by atoms with Crippen LogP contribution in [0.2, 0.25) is 0 Å². The first kappa shape index (κ1) is 24.1. The number of benzene rings is 2. The van der Waals surface area contributed by atoms with E-state index in [2.05, 4.69) is 17.4 Å². The number of nitrogens with one attached hydrogen (secondary N) is 1. The molecule has 0 saturated heterocycles. The van der Waals surface area contributed by atoms with E-state index in [9.17, 15) is 9.59 Å². The molecule has 6 heteroatoms. The van der Waals surface area contributed by atoms with Crippen molar-refractivity contribution in [1.29, 1.82) is 0 Å². The molecule has 6 nitrogen and oxygen atoms in total. The lowest BCUT2D eigenvalue weighted by Gasteiger charge is -2.31. The third-order valence-electron chi connectivity index (χ3n) is 6.84. The summed E-state index contributed by atoms with van der Waals surface area (Å²) in [7, 11) is 0. The largest absolute Gasteiger partial charge is 0.486 e. The lowest BCUT2D eigenvalue weighted by Crippen LogP contribution is -2.51. The van der Waals surface area contributed by atoms with Gasteiger partial charge in [0, 0.05) is 19.0 Å². The fourth-order valence-electron chi connectivity index (χ4n) is 4.78. The summed E-state index contributed by atoms with van der Waals surface area (Å²) in [5, 5.41) is 3.20. The predicted molar refractivity (Wildman–Crippen MR) is 132 cm³/mol. The number of amides is 2. The number of ether oxygens (including phenoxy) is 2. The van der Waals surface area contributed by atoms with E-state index in [4.69, 9.17) is 9.47 Å². The summed E-state index contributed by atoms with van der Waals surface area (Å²) in [6.07, 6.45) is 7.27. The molecule has 1 unspecified atom stereocenters. The van der Waals surface area contributed by atoms with Crippen LogP contribution >= 0.6 is 0 Å². The Balaban J connectivity index is 1.40. The molecule has 1 saturated carbocycles. The molecule has 0 spiro atoms. The number of aryl methyl sites for hydroxylation is 1. The number of nitrogens with zero attached hydrogens (tertiary/aromatic N) is 1. The second kappa shape index (κ2) is 11.9. The summed E-state index contributed by atoms with van der Waals surface area (Å²) in [4.78, 5) is 28.2. The van der Waals surface area contributed by atoms with Crippen molar-refractivity contribution < 1.29 is 19.1 Å². The van der Waals surface area contributed by atoms with E-state index in [0.717, 1.165) is 54.7 Å². The highest BCUT2D eigenvalue weighted by Gasteiger charge is 2.27. The summed E-state index contributed by atoms with van der Waals surface area (Å²) in [6, 6.07) is 15.7. The molecular formula is C28H36N2O4. The number of fused-ring (bicyclic) bond motifs is 1. The zero-order valence-electron chi connectivity index (χ0n) is 20.1. The summed E-state index contributed by atoms with van der Waals surface area (Å²) >= 11 is 0. The van der Waals surface area contributed by atoms with Crippen LogP contribution in [0, 0.1) is 0 Å². The molecular weight excluding hydrogens is 428 g/mol. The summed E-state index contributed by atoms with van der Waals surface area (Å²) < 4.78 is 11.3. The van der Waals surface area contributed by atoms with Gasteiger partial charge < -0.3 is 19.7 Å². The molecule has 34 heavy (non-hydrogen) atoms. The minimum absolute atomic E-state index is 0.00267. The van der Waals surface area contributed by atoms with Crippen molar-refractivity contribution in [3.8, 4) is 11.5 Å². The predicted octanol–water partition coefficient (Wildman–Crippen LogP) is 4.30. The number of hydrogen-bond donors (Lipinski definition) is 1. The Kier molecular flexibility index (Phi) is 8.45. The van der Waals surface area contributed by atoms with Crippen molar-refractivity contribution in [3.05, 3.63) is 59.7 Å². The molecule has 1 fully saturated rings. The van der Waals surface area contributed by atoms with Gasteiger partial charge in [0.25, 0.3) is 0 Å². The normalized spacial score (nSPS) is 16.5. The van der Waals surface area contributed by atoms with Gasteiger partial charge in [0.2, 0.25) is 11.8 Å². The monoisotopic (exact) mass is 464 g/mol. The molecule has 4 rings (SSSR count). The first-order chi connectivity index (χ1) is 16.6. The molecule has 1 atom stereocenters. The van der Waals surface area contributed by atoms with Crippen LogP contribution in [0.15, 0.2) is 48.5 Å². The lowest BCUT2D eigenvalue weighted by molar-refractivity contribution is -0.140. The standard InChI is InChI=1S/C28H36N2O4/c1-21(28(32)29-24-10-6-3-7-11-24)30(17-16-22-8-4-2-5-9-22)27(31)15-13-23-12-14-25-26(20-23)34-19-18-33-25/h2,4-5,8-9,12,14,20-21,24H,3,6-7,10-11,13,15-19H2,1H3,(H,29,32). The minimum atomic E-state index is -0.501. The van der Waals surface area contributed by atoms with Crippen LogP contribution < -0.4 is 14.8 Å². The van der Waals surface area contributed by atoms with E-state index < -0.39 is 6.04 Å². The molecule has 0 bridgehead atoms. The Morgan fingerprint density at radius 3 is 2.44 bits per heavy atom. The van der Waals surface area contributed by atoms with Crippen LogP contribution in [0.25, 0.3) is 0 Å². The van der Waals surface area contributed by atoms with Crippen molar-refractivity contribution in [2.75, 3.05) is 19.8 Å². The molecule has 2 aromatic rings. The molecule has 0 radical (unpaired) electrons. The Bertz CT molecular complexity index is 956. The van der Waals surface area contributed by atoms with Crippen LogP contribution in [0.3, 0.4) is 0 Å². The van der Waals surface area contributed by atoms with E-state index in [-0.39, 0.29) is 17.9 Å². The van der Waals surface area contributed by atoms with Crippen LogP contribution in [-0.4, -0.2) is 48.6 Å². The van der Waals surface area contributed by atoms with Crippen molar-refractivity contribution >= 4 is 11.8 Å². The third-order valence-corrected chi connectivity index (χ3v) is 6.84. The van der Waals surface area contributed by atoms with Crippen LogP contribution in [0.1, 0.15) is 56.6 Å². The maximum atomic E-state index is 13.4. The highest BCUT2D eigenvalue weighted by molar-refractivity contribution is 5.87. The third kappa shape index (κ3) is 6.52. The van der Waals surface area contributed by atoms with E-state index >= 15 is 0 Å². The Labute approximate surface area is 202 Å². The Hall–Kier alpha value is -3.02. The molecule has 1 heterocycles. The Morgan fingerprint density at radius 2 is 1.68 bits per heavy atom. The molecule has 1 aliphatic carbocycles. The number of carbonyl (C=O) groups excluding carboxylic acids is 2. The highest BCUT2D eigenvalue weighted by atomic mass is 16.6. The molecule has 0 aromatic heterocycles. The first-order valence-corrected chi connectivity index (χ1v) is 12.6. The maximum Gasteiger partial charge on any atom is 0.242 e. The smallest absolute Gasteiger partial charge is 0.242 e. The van der Waals surface area contributed by atoms with Crippen LogP contribution in [0.4, 0.5) is 0 Å². The number of rotatable bonds is 9. The molecule has 2 amide bonds. The summed E-state index contributed by atoms with van der Waals surface area (Å²) in [5.74, 6) is 1.43. The summed E-state index contributed by atoms with van der Waals surface area (Å²) in [6.45, 7) is 3.46. The molecule has 2 aromatic carbocycles. The van der Waals surface area contributed by atoms with E-state index in [1.165, 1.54) is 6.42 Å². The topological polar surface area (TPSA) is 67.9 Å². The van der Waals surface area contributed by atoms with E-state index in [0.29, 0.717) is 32.6 Å². The van der Waals surface area contributed by atoms with Gasteiger partial charge in [0.15, 0.2) is 11.5 Å². The molecule has 2 aliphatic rings. The summed E-state index contributed by atoms with van der Waals surface area (Å²) in [5.41, 5.74) is 2.19. The fraction of sp³-hybridized carbons (Fsp3) is 0.500. The van der Waals surface area contributed by atoms with Crippen LogP contribution in [0.5, 0.6) is 11.5 Å². The van der Waals surface area contributed by atoms with Gasteiger partial charge >= 0.3 is 0 Å². The number of hydrogen-bond acceptors (Lipinski definition) is 4. The highest BCUT2D eigenvalue weighted by Crippen LogP contribution is 2.31. The molecule has 1 N–H and O–H groups in total. The SMILES string of the molecule is CC(C(=O)NC1CCCCC1)N(CCc1ccccc1)C(=O)CCc1ccc2c(c1)OCCO2. The van der Waals surface area contributed by atoms with E-state index in [1.807, 2.05) is 43.3 Å². The van der Waals surface area contributed by atoms with Crippen molar-refractivity contribution in [3.63, 3.8) is 0 Å². The van der Waals surface area contributed by atoms with Crippen LogP contribution in [-0.2, 0) is 22.4 Å². The fourth-order valence-corrected chi connectivity index (χ4v) is 4.78. The average molecular weight is 465 g/mol. The van der Waals surface area contributed by atoms with Crippen molar-refractivity contribution in [1.82, 2.24) is 10.2 Å². The molecule has 182 valence electrons. The van der Waals surface area contributed by atoms with Gasteiger partial charge in [-0.3, -0.25) is 9.59 Å². The second-order valence-electron chi connectivity index (χ2n) is 9.32. The van der Waals surface area contributed by atoms with Gasteiger partial charge in [-0.2, -0.15) is 0 Å². The number of carbonyl (C=O) groups is 2. The zero-order valence-corrected chi connectivity index (χ0v) is 20.1. The van der Waals surface area contributed by atoms with Gasteiger partial charge in [0.1, 0.15) is 19.3 Å². The van der Waals surface area contributed by atoms with Gasteiger partial charge in [0.05, 0.1) is 0 Å². The second-order valence-corrected chi connectivity index (χ2v) is 9.32. The lowest BCUT2D eigenvalue weighted by atomic mass is 9.95. The van der Waals surface area contributed by atoms with Gasteiger partial charge in [-0.1, -0.05) is 55.7 Å². The maximum absolute atomic E-state index is 13.4. The minimum Gasteiger partial charge on any atom is -0.486 e. The van der Waals surface area contributed by atoms with Gasteiger partial charge in [-0.25, -0.2) is 0 Å². The average Bonchev–Trinajstić information content (AvgIpc) is 2.88. The quantitative estimate of drug-likeness (QED) is 0.601. The Morgan fingerprint density at radius 1 is 0.941 bits per heavy atom. The van der Waals surface area contributed by atoms with Crippen molar-refractivity contribution in [2.45, 2.75) is 70.4 Å². The molecule has 1 aliphatic heterocycles. The first-order valence-electron chi connectivity index (χ1n) is 12.6. The van der Waals surface area contributed by atoms with Gasteiger partial charge in [-0.15, -0.1) is 0 Å². The van der Waals surface area contributed by atoms with Crippen molar-refractivity contribution in [2.24, 2.45) is 0 Å². The van der Waals surface area contributed by atoms with Gasteiger partial charge in [-0.05, 0) is 55.9 Å². The van der Waals surface area contributed by atoms with E-state index in [1.54, 1.807) is 4.90 Å².